The molecule has 0 aliphatic carbocycles. The molecule has 0 bridgehead atoms. The maximum Gasteiger partial charge on any atom is 0.494 e. The average Bonchev–Trinajstić information content (AvgIpc) is 3.59. The molecule has 0 radical (unpaired) electrons. The molecule has 2 aliphatic heterocycles. The maximum absolute atomic E-state index is 13.4. The molecule has 4 rings (SSSR count). The molecule has 3 heterocycles. The number of aromatic amines is 1. The minimum absolute atomic E-state index is 0.0956. The molecule has 2 fully saturated rings. The summed E-state index contributed by atoms with van der Waals surface area (Å²) in [7, 11) is 2.42. The van der Waals surface area contributed by atoms with Gasteiger partial charge in [0.1, 0.15) is 17.6 Å². The molecule has 1 aromatic carbocycles. The van der Waals surface area contributed by atoms with Crippen LogP contribution in [0.4, 0.5) is 4.79 Å². The highest BCUT2D eigenvalue weighted by molar-refractivity contribution is 6.62. The summed E-state index contributed by atoms with van der Waals surface area (Å²) in [5, 5.41) is 2.68. The van der Waals surface area contributed by atoms with Gasteiger partial charge in [-0.1, -0.05) is 19.9 Å². The zero-order valence-corrected chi connectivity index (χ0v) is 23.6. The molecule has 0 saturated carbocycles. The van der Waals surface area contributed by atoms with Crippen LogP contribution < -0.4 is 15.5 Å². The van der Waals surface area contributed by atoms with Crippen molar-refractivity contribution in [2.45, 2.75) is 77.7 Å². The number of H-pyrrole nitrogens is 1. The predicted molar refractivity (Wildman–Crippen MR) is 144 cm³/mol. The molecule has 11 heteroatoms. The van der Waals surface area contributed by atoms with E-state index in [1.54, 1.807) is 18.2 Å². The first-order chi connectivity index (χ1) is 17.9. The van der Waals surface area contributed by atoms with Crippen LogP contribution in [0.5, 0.6) is 5.75 Å². The number of rotatable bonds is 7. The van der Waals surface area contributed by atoms with Gasteiger partial charge in [0.15, 0.2) is 0 Å². The maximum atomic E-state index is 13.4. The van der Waals surface area contributed by atoms with Gasteiger partial charge in [0.25, 0.3) is 0 Å². The van der Waals surface area contributed by atoms with Gasteiger partial charge in [-0.3, -0.25) is 4.79 Å². The van der Waals surface area contributed by atoms with Crippen molar-refractivity contribution in [1.29, 1.82) is 0 Å². The van der Waals surface area contributed by atoms with E-state index in [2.05, 4.69) is 15.3 Å². The molecule has 2 aromatic rings. The number of hydrogen-bond donors (Lipinski definition) is 2. The van der Waals surface area contributed by atoms with E-state index in [4.69, 9.17) is 18.8 Å². The standard InChI is InChI=1S/C27H39BN4O6/c1-16(2)22(31-25(34)36-8)24(33)32-13-9-10-20(32)23-29-15-19(30-23)18-12-11-17(14-21(18)35-7)28-37-26(3,4)27(5,6)38-28/h11-12,14-16,20,22H,9-10,13H2,1-8H3,(H,29,30)(H,31,34). The van der Waals surface area contributed by atoms with Crippen molar-refractivity contribution in [1.82, 2.24) is 20.2 Å². The monoisotopic (exact) mass is 526 g/mol. The number of amides is 2. The van der Waals surface area contributed by atoms with Crippen molar-refractivity contribution in [2.24, 2.45) is 5.92 Å². The summed E-state index contributed by atoms with van der Waals surface area (Å²) in [5.41, 5.74) is 1.62. The second-order valence-corrected chi connectivity index (χ2v) is 11.3. The molecule has 1 aromatic heterocycles. The zero-order chi connectivity index (χ0) is 27.8. The molecule has 206 valence electrons. The summed E-state index contributed by atoms with van der Waals surface area (Å²) in [4.78, 5) is 35.1. The van der Waals surface area contributed by atoms with E-state index in [-0.39, 0.29) is 17.9 Å². The minimum atomic E-state index is -0.680. The minimum Gasteiger partial charge on any atom is -0.496 e. The van der Waals surface area contributed by atoms with E-state index in [0.29, 0.717) is 18.1 Å². The van der Waals surface area contributed by atoms with Crippen LogP contribution in [0.3, 0.4) is 0 Å². The fraction of sp³-hybridized carbons (Fsp3) is 0.593. The van der Waals surface area contributed by atoms with Gasteiger partial charge in [-0.25, -0.2) is 9.78 Å². The first-order valence-corrected chi connectivity index (χ1v) is 13.1. The fourth-order valence-corrected chi connectivity index (χ4v) is 4.89. The smallest absolute Gasteiger partial charge is 0.494 e. The molecular weight excluding hydrogens is 487 g/mol. The summed E-state index contributed by atoms with van der Waals surface area (Å²) in [6, 6.07) is 4.96. The average molecular weight is 526 g/mol. The van der Waals surface area contributed by atoms with Crippen molar-refractivity contribution < 1.29 is 28.4 Å². The van der Waals surface area contributed by atoms with Gasteiger partial charge in [0.2, 0.25) is 5.91 Å². The second kappa shape index (κ2) is 10.6. The van der Waals surface area contributed by atoms with Crippen molar-refractivity contribution in [3.63, 3.8) is 0 Å². The molecule has 2 atom stereocenters. The highest BCUT2D eigenvalue weighted by atomic mass is 16.7. The lowest BCUT2D eigenvalue weighted by molar-refractivity contribution is -0.135. The number of aromatic nitrogens is 2. The third-order valence-corrected chi connectivity index (χ3v) is 7.88. The van der Waals surface area contributed by atoms with Crippen LogP contribution in [-0.2, 0) is 18.8 Å². The summed E-state index contributed by atoms with van der Waals surface area (Å²) in [6.45, 7) is 12.5. The Kier molecular flexibility index (Phi) is 7.81. The molecule has 38 heavy (non-hydrogen) atoms. The van der Waals surface area contributed by atoms with E-state index in [1.165, 1.54) is 7.11 Å². The third kappa shape index (κ3) is 5.26. The van der Waals surface area contributed by atoms with E-state index in [1.807, 2.05) is 59.7 Å². The highest BCUT2D eigenvalue weighted by Crippen LogP contribution is 2.38. The summed E-state index contributed by atoms with van der Waals surface area (Å²) < 4.78 is 22.8. The summed E-state index contributed by atoms with van der Waals surface area (Å²) in [5.74, 6) is 1.12. The van der Waals surface area contributed by atoms with Gasteiger partial charge >= 0.3 is 13.2 Å². The van der Waals surface area contributed by atoms with Gasteiger partial charge in [-0.2, -0.15) is 0 Å². The number of nitrogens with one attached hydrogen (secondary N) is 2. The third-order valence-electron chi connectivity index (χ3n) is 7.88. The Morgan fingerprint density at radius 3 is 2.47 bits per heavy atom. The van der Waals surface area contributed by atoms with Gasteiger partial charge < -0.3 is 34.0 Å². The Bertz CT molecular complexity index is 1160. The van der Waals surface area contributed by atoms with E-state index in [9.17, 15) is 9.59 Å². The molecule has 2 aliphatic rings. The Balaban J connectivity index is 1.56. The number of alkyl carbamates (subject to hydrolysis) is 1. The van der Waals surface area contributed by atoms with Gasteiger partial charge in [-0.05, 0) is 64.1 Å². The Morgan fingerprint density at radius 2 is 1.87 bits per heavy atom. The van der Waals surface area contributed by atoms with E-state index >= 15 is 0 Å². The van der Waals surface area contributed by atoms with Gasteiger partial charge in [0, 0.05) is 12.1 Å². The van der Waals surface area contributed by atoms with Gasteiger partial charge in [-0.15, -0.1) is 0 Å². The van der Waals surface area contributed by atoms with Crippen LogP contribution in [0.15, 0.2) is 24.4 Å². The quantitative estimate of drug-likeness (QED) is 0.532. The number of benzene rings is 1. The van der Waals surface area contributed by atoms with E-state index in [0.717, 1.165) is 29.6 Å². The molecule has 2 N–H and O–H groups in total. The topological polar surface area (TPSA) is 115 Å². The number of imidazole rings is 1. The van der Waals surface area contributed by atoms with Crippen LogP contribution in [0.1, 0.15) is 66.3 Å². The van der Waals surface area contributed by atoms with Crippen LogP contribution in [0.2, 0.25) is 0 Å². The first-order valence-electron chi connectivity index (χ1n) is 13.1. The van der Waals surface area contributed by atoms with Crippen LogP contribution in [0, 0.1) is 5.92 Å². The zero-order valence-electron chi connectivity index (χ0n) is 23.6. The number of carbonyl (C=O) groups excluding carboxylic acids is 2. The molecule has 10 nitrogen and oxygen atoms in total. The van der Waals surface area contributed by atoms with Crippen molar-refractivity contribution in [2.75, 3.05) is 20.8 Å². The Morgan fingerprint density at radius 1 is 1.18 bits per heavy atom. The fourth-order valence-electron chi connectivity index (χ4n) is 4.89. The van der Waals surface area contributed by atoms with Crippen LogP contribution in [0.25, 0.3) is 11.3 Å². The first kappa shape index (κ1) is 28.0. The normalized spacial score (nSPS) is 21.0. The molecule has 0 spiro atoms. The van der Waals surface area contributed by atoms with E-state index < -0.39 is 30.5 Å². The van der Waals surface area contributed by atoms with Crippen molar-refractivity contribution in [3.8, 4) is 17.0 Å². The molecule has 2 unspecified atom stereocenters. The second-order valence-electron chi connectivity index (χ2n) is 11.3. The SMILES string of the molecule is COC(=O)NC(C(=O)N1CCCC1c1ncc(-c2ccc(B3OC(C)(C)C(C)(C)O3)cc2OC)[nH]1)C(C)C. The lowest BCUT2D eigenvalue weighted by Gasteiger charge is -2.32. The Labute approximate surface area is 224 Å². The largest absolute Gasteiger partial charge is 0.496 e. The number of ether oxygens (including phenoxy) is 2. The molecule has 2 amide bonds. The number of carbonyl (C=O) groups is 2. The summed E-state index contributed by atoms with van der Waals surface area (Å²) >= 11 is 0. The lowest BCUT2D eigenvalue weighted by atomic mass is 9.78. The highest BCUT2D eigenvalue weighted by Gasteiger charge is 2.51. The van der Waals surface area contributed by atoms with Crippen LogP contribution >= 0.6 is 0 Å². The lowest BCUT2D eigenvalue weighted by Crippen LogP contribution is -2.51. The molecular formula is C27H39BN4O6. The van der Waals surface area contributed by atoms with Crippen molar-refractivity contribution >= 4 is 24.6 Å². The number of nitrogens with zero attached hydrogens (tertiary/aromatic N) is 2. The predicted octanol–water partition coefficient (Wildman–Crippen LogP) is 3.43. The summed E-state index contributed by atoms with van der Waals surface area (Å²) in [6.07, 6.45) is 2.76. The van der Waals surface area contributed by atoms with Crippen LogP contribution in [-0.4, -0.2) is 72.0 Å². The molecule has 2 saturated heterocycles. The number of hydrogen-bond acceptors (Lipinski definition) is 7. The van der Waals surface area contributed by atoms with Crippen molar-refractivity contribution in [3.05, 3.63) is 30.2 Å². The number of likely N-dealkylation sites (tertiary alicyclic amines) is 1. The van der Waals surface area contributed by atoms with Gasteiger partial charge in [0.05, 0.1) is 43.4 Å². The Hall–Kier alpha value is -3.05. The number of methoxy groups -OCH3 is 2.